The normalized spacial score (nSPS) is 26.7. The molecular formula is C12H24N2O2S. The van der Waals surface area contributed by atoms with E-state index in [4.69, 9.17) is 27.4 Å². The number of hydrogen-bond donors (Lipinski definition) is 1. The molecule has 0 amide bonds. The lowest BCUT2D eigenvalue weighted by molar-refractivity contribution is -0.131. The Hall–Kier alpha value is -0.230. The van der Waals surface area contributed by atoms with E-state index < -0.39 is 0 Å². The molecule has 1 fully saturated rings. The zero-order valence-electron chi connectivity index (χ0n) is 11.2. The third-order valence-corrected chi connectivity index (χ3v) is 3.15. The molecule has 1 aliphatic rings. The largest absolute Gasteiger partial charge is 0.391 e. The van der Waals surface area contributed by atoms with E-state index in [2.05, 4.69) is 25.7 Å². The number of nitrogens with two attached hydrogens (primary N) is 1. The van der Waals surface area contributed by atoms with Crippen LogP contribution in [-0.4, -0.2) is 53.9 Å². The molecule has 0 aliphatic carbocycles. The van der Waals surface area contributed by atoms with Crippen molar-refractivity contribution in [3.63, 3.8) is 0 Å². The summed E-state index contributed by atoms with van der Waals surface area (Å²) in [5.74, 6) is 0. The van der Waals surface area contributed by atoms with Gasteiger partial charge < -0.3 is 15.2 Å². The molecular weight excluding hydrogens is 236 g/mol. The molecule has 0 aromatic rings. The first-order valence-corrected chi connectivity index (χ1v) is 6.52. The second kappa shape index (κ2) is 6.09. The fourth-order valence-electron chi connectivity index (χ4n) is 2.20. The van der Waals surface area contributed by atoms with Crippen LogP contribution >= 0.6 is 12.2 Å². The van der Waals surface area contributed by atoms with Crippen LogP contribution in [0.15, 0.2) is 0 Å². The van der Waals surface area contributed by atoms with Crippen LogP contribution in [0.3, 0.4) is 0 Å². The molecule has 5 heteroatoms. The monoisotopic (exact) mass is 260 g/mol. The van der Waals surface area contributed by atoms with Crippen LogP contribution in [0.25, 0.3) is 0 Å². The average Bonchev–Trinajstić information content (AvgIpc) is 2.13. The van der Waals surface area contributed by atoms with Gasteiger partial charge in [-0.2, -0.15) is 0 Å². The minimum absolute atomic E-state index is 0.0769. The van der Waals surface area contributed by atoms with Gasteiger partial charge in [-0.25, -0.2) is 0 Å². The molecule has 1 aliphatic heterocycles. The van der Waals surface area contributed by atoms with Crippen LogP contribution < -0.4 is 5.73 Å². The topological polar surface area (TPSA) is 47.7 Å². The molecule has 1 heterocycles. The highest BCUT2D eigenvalue weighted by Gasteiger charge is 2.30. The van der Waals surface area contributed by atoms with Gasteiger partial charge >= 0.3 is 0 Å². The summed E-state index contributed by atoms with van der Waals surface area (Å²) >= 11 is 4.86. The van der Waals surface area contributed by atoms with E-state index in [0.717, 1.165) is 19.6 Å². The van der Waals surface area contributed by atoms with Gasteiger partial charge in [-0.15, -0.1) is 0 Å². The Morgan fingerprint density at radius 2 is 2.29 bits per heavy atom. The number of ether oxygens (including phenoxy) is 2. The van der Waals surface area contributed by atoms with E-state index >= 15 is 0 Å². The van der Waals surface area contributed by atoms with E-state index in [1.807, 2.05) is 6.92 Å². The van der Waals surface area contributed by atoms with Crippen molar-refractivity contribution in [2.45, 2.75) is 45.5 Å². The molecule has 0 aromatic heterocycles. The number of nitrogens with zero attached hydrogens (tertiary/aromatic N) is 1. The number of morpholine rings is 1. The Morgan fingerprint density at radius 1 is 1.65 bits per heavy atom. The van der Waals surface area contributed by atoms with Crippen molar-refractivity contribution in [1.29, 1.82) is 0 Å². The lowest BCUT2D eigenvalue weighted by Crippen LogP contribution is -2.52. The van der Waals surface area contributed by atoms with Gasteiger partial charge in [0.15, 0.2) is 0 Å². The van der Waals surface area contributed by atoms with Crippen molar-refractivity contribution < 1.29 is 9.47 Å². The van der Waals surface area contributed by atoms with Gasteiger partial charge in [0, 0.05) is 19.6 Å². The van der Waals surface area contributed by atoms with Crippen molar-refractivity contribution >= 4 is 17.2 Å². The standard InChI is InChI=1S/C12H24N2O2S/c1-9-7-14(8-12(3,4)16-9)5-6-15-10(2)11(13)17/h9-10H,5-8H2,1-4H3,(H2,13,17). The average molecular weight is 260 g/mol. The molecule has 0 spiro atoms. The van der Waals surface area contributed by atoms with Crippen LogP contribution in [0.1, 0.15) is 27.7 Å². The van der Waals surface area contributed by atoms with Gasteiger partial charge in [0.25, 0.3) is 0 Å². The van der Waals surface area contributed by atoms with Crippen molar-refractivity contribution in [3.8, 4) is 0 Å². The summed E-state index contributed by atoms with van der Waals surface area (Å²) in [6.07, 6.45) is 0.128. The first-order valence-electron chi connectivity index (χ1n) is 6.11. The highest BCUT2D eigenvalue weighted by atomic mass is 32.1. The van der Waals surface area contributed by atoms with Crippen LogP contribution in [-0.2, 0) is 9.47 Å². The van der Waals surface area contributed by atoms with E-state index in [9.17, 15) is 0 Å². The van der Waals surface area contributed by atoms with Crippen molar-refractivity contribution in [3.05, 3.63) is 0 Å². The molecule has 2 atom stereocenters. The summed E-state index contributed by atoms with van der Waals surface area (Å²) in [4.78, 5) is 2.78. The number of rotatable bonds is 5. The SMILES string of the molecule is CC1CN(CCOC(C)C(N)=S)CC(C)(C)O1. The Kier molecular flexibility index (Phi) is 5.31. The lowest BCUT2D eigenvalue weighted by atomic mass is 10.1. The zero-order valence-corrected chi connectivity index (χ0v) is 12.0. The molecule has 0 radical (unpaired) electrons. The number of thiocarbonyl (C=S) groups is 1. The number of hydrogen-bond acceptors (Lipinski definition) is 4. The van der Waals surface area contributed by atoms with Crippen LogP contribution in [0, 0.1) is 0 Å². The Morgan fingerprint density at radius 3 is 2.82 bits per heavy atom. The summed E-state index contributed by atoms with van der Waals surface area (Å²) in [5, 5.41) is 0. The second-order valence-corrected chi connectivity index (χ2v) is 5.81. The van der Waals surface area contributed by atoms with E-state index in [0.29, 0.717) is 11.6 Å². The first kappa shape index (κ1) is 14.8. The van der Waals surface area contributed by atoms with E-state index in [1.54, 1.807) is 0 Å². The molecule has 2 N–H and O–H groups in total. The summed E-state index contributed by atoms with van der Waals surface area (Å²) in [6.45, 7) is 11.7. The molecule has 1 saturated heterocycles. The molecule has 4 nitrogen and oxygen atoms in total. The molecule has 0 aromatic carbocycles. The summed E-state index contributed by atoms with van der Waals surface area (Å²) < 4.78 is 11.4. The molecule has 100 valence electrons. The Bertz CT molecular complexity index is 271. The molecule has 1 rings (SSSR count). The van der Waals surface area contributed by atoms with Crippen LogP contribution in [0.5, 0.6) is 0 Å². The van der Waals surface area contributed by atoms with Gasteiger partial charge in [0.2, 0.25) is 0 Å². The second-order valence-electron chi connectivity index (χ2n) is 5.34. The maximum Gasteiger partial charge on any atom is 0.104 e. The van der Waals surface area contributed by atoms with Crippen molar-refractivity contribution in [2.24, 2.45) is 5.73 Å². The third kappa shape index (κ3) is 5.29. The van der Waals surface area contributed by atoms with Crippen LogP contribution in [0.4, 0.5) is 0 Å². The van der Waals surface area contributed by atoms with Crippen molar-refractivity contribution in [1.82, 2.24) is 4.90 Å². The highest BCUT2D eigenvalue weighted by Crippen LogP contribution is 2.20. The first-order chi connectivity index (χ1) is 7.80. The molecule has 2 unspecified atom stereocenters. The van der Waals surface area contributed by atoms with E-state index in [1.165, 1.54) is 0 Å². The molecule has 0 saturated carbocycles. The van der Waals surface area contributed by atoms with Gasteiger partial charge in [0.1, 0.15) is 11.1 Å². The molecule has 0 bridgehead atoms. The van der Waals surface area contributed by atoms with Gasteiger partial charge in [-0.05, 0) is 27.7 Å². The maximum absolute atomic E-state index is 5.85. The highest BCUT2D eigenvalue weighted by molar-refractivity contribution is 7.80. The van der Waals surface area contributed by atoms with Crippen LogP contribution in [0.2, 0.25) is 0 Å². The lowest BCUT2D eigenvalue weighted by Gasteiger charge is -2.41. The fraction of sp³-hybridized carbons (Fsp3) is 0.917. The minimum Gasteiger partial charge on any atom is -0.391 e. The summed E-state index contributed by atoms with van der Waals surface area (Å²) in [7, 11) is 0. The maximum atomic E-state index is 5.85. The quantitative estimate of drug-likeness (QED) is 0.752. The third-order valence-electron chi connectivity index (χ3n) is 2.82. The van der Waals surface area contributed by atoms with Crippen molar-refractivity contribution in [2.75, 3.05) is 26.2 Å². The molecule has 17 heavy (non-hydrogen) atoms. The van der Waals surface area contributed by atoms with Gasteiger partial charge in [-0.1, -0.05) is 12.2 Å². The Balaban J connectivity index is 2.29. The fourth-order valence-corrected chi connectivity index (χ4v) is 2.26. The Labute approximate surface area is 109 Å². The van der Waals surface area contributed by atoms with Gasteiger partial charge in [-0.3, -0.25) is 4.90 Å². The van der Waals surface area contributed by atoms with Gasteiger partial charge in [0.05, 0.1) is 18.3 Å². The predicted octanol–water partition coefficient (Wildman–Crippen LogP) is 1.18. The minimum atomic E-state index is -0.142. The van der Waals surface area contributed by atoms with E-state index in [-0.39, 0.29) is 17.8 Å². The zero-order chi connectivity index (χ0) is 13.1. The smallest absolute Gasteiger partial charge is 0.104 e. The predicted molar refractivity (Wildman–Crippen MR) is 73.3 cm³/mol. The summed E-state index contributed by atoms with van der Waals surface area (Å²) in [5.41, 5.74) is 5.42. The summed E-state index contributed by atoms with van der Waals surface area (Å²) in [6, 6.07) is 0.